The summed E-state index contributed by atoms with van der Waals surface area (Å²) in [5.41, 5.74) is 5.51. The number of aromatic nitrogens is 1. The fraction of sp³-hybridized carbons (Fsp3) is 0.444. The molecule has 9 heteroatoms. The van der Waals surface area contributed by atoms with E-state index in [1.54, 1.807) is 4.90 Å². The maximum atomic E-state index is 12.6. The largest absolute Gasteiger partial charge is 0.475 e. The molecule has 2 saturated heterocycles. The number of fused-ring (bicyclic) bond motifs is 2. The number of amides is 1. The minimum Gasteiger partial charge on any atom is -0.475 e. The van der Waals surface area contributed by atoms with Gasteiger partial charge in [-0.1, -0.05) is 36.9 Å². The number of nitriles is 2. The van der Waals surface area contributed by atoms with E-state index in [1.165, 1.54) is 28.1 Å². The third-order valence-electron chi connectivity index (χ3n) is 10.1. The number of likely N-dealkylation sites (tertiary alicyclic amines) is 1. The number of anilines is 2. The highest BCUT2D eigenvalue weighted by Crippen LogP contribution is 2.40. The molecule has 1 aromatic heterocycles. The van der Waals surface area contributed by atoms with E-state index in [-0.39, 0.29) is 23.9 Å². The Hall–Kier alpha value is -4.60. The van der Waals surface area contributed by atoms with Gasteiger partial charge in [-0.2, -0.15) is 10.5 Å². The number of hydrogen-bond acceptors (Lipinski definition) is 8. The molecule has 2 aromatic carbocycles. The first-order valence-corrected chi connectivity index (χ1v) is 15.9. The van der Waals surface area contributed by atoms with Crippen LogP contribution in [-0.4, -0.2) is 78.7 Å². The molecule has 0 spiro atoms. The molecular formula is C36H41N7O2. The van der Waals surface area contributed by atoms with Gasteiger partial charge in [0.05, 0.1) is 42.0 Å². The molecule has 0 bridgehead atoms. The van der Waals surface area contributed by atoms with Crippen LogP contribution in [0.2, 0.25) is 0 Å². The maximum Gasteiger partial charge on any atom is 0.246 e. The van der Waals surface area contributed by atoms with Crippen molar-refractivity contribution in [2.45, 2.75) is 57.7 Å². The van der Waals surface area contributed by atoms with Crippen molar-refractivity contribution in [3.05, 3.63) is 71.4 Å². The van der Waals surface area contributed by atoms with E-state index in [4.69, 9.17) is 9.72 Å². The first-order valence-electron chi connectivity index (χ1n) is 15.9. The van der Waals surface area contributed by atoms with Gasteiger partial charge >= 0.3 is 0 Å². The molecule has 0 radical (unpaired) electrons. The summed E-state index contributed by atoms with van der Waals surface area (Å²) >= 11 is 0. The molecule has 0 unspecified atom stereocenters. The molecule has 232 valence electrons. The molecule has 2 fully saturated rings. The standard InChI is InChI=1S/C36H41N7O2/c1-5-32(44)43-20-19-42(22-27(43)13-16-37)34-28-14-18-41(31-12-7-11-26-10-6-9-25(2)33(26)31)23-30(28)39-35(29(34)21-38)45-24-36(3)15-8-17-40(36)4/h5-7,9-12,27H,1,8,13-15,17-20,22-24H2,2-4H3/t27-,36-/m0/s1. The van der Waals surface area contributed by atoms with E-state index >= 15 is 0 Å². The molecule has 6 rings (SSSR count). The second kappa shape index (κ2) is 12.4. The zero-order valence-corrected chi connectivity index (χ0v) is 26.6. The average Bonchev–Trinajstić information content (AvgIpc) is 3.39. The lowest BCUT2D eigenvalue weighted by molar-refractivity contribution is -0.128. The molecule has 0 saturated carbocycles. The third kappa shape index (κ3) is 5.58. The fourth-order valence-corrected chi connectivity index (χ4v) is 7.37. The number of pyridine rings is 1. The Morgan fingerprint density at radius 3 is 2.67 bits per heavy atom. The molecule has 1 amide bonds. The first-order chi connectivity index (χ1) is 21.8. The zero-order valence-electron chi connectivity index (χ0n) is 26.6. The molecule has 45 heavy (non-hydrogen) atoms. The number of rotatable bonds is 7. The van der Waals surface area contributed by atoms with E-state index in [9.17, 15) is 15.3 Å². The number of carbonyl (C=O) groups is 1. The van der Waals surface area contributed by atoms with E-state index in [0.29, 0.717) is 50.7 Å². The van der Waals surface area contributed by atoms with Gasteiger partial charge in [0.1, 0.15) is 18.2 Å². The highest BCUT2D eigenvalue weighted by atomic mass is 16.5. The van der Waals surface area contributed by atoms with E-state index in [2.05, 4.69) is 90.7 Å². The topological polar surface area (TPSA) is 99.7 Å². The van der Waals surface area contributed by atoms with Gasteiger partial charge in [-0.05, 0) is 69.8 Å². The van der Waals surface area contributed by atoms with Gasteiger partial charge in [-0.3, -0.25) is 9.69 Å². The highest BCUT2D eigenvalue weighted by Gasteiger charge is 2.37. The van der Waals surface area contributed by atoms with Crippen LogP contribution in [0.15, 0.2) is 49.1 Å². The van der Waals surface area contributed by atoms with Crippen LogP contribution in [0.1, 0.15) is 48.6 Å². The maximum absolute atomic E-state index is 12.6. The van der Waals surface area contributed by atoms with Crippen molar-refractivity contribution in [1.82, 2.24) is 14.8 Å². The quantitative estimate of drug-likeness (QED) is 0.350. The van der Waals surface area contributed by atoms with Crippen LogP contribution < -0.4 is 14.5 Å². The van der Waals surface area contributed by atoms with Gasteiger partial charge in [0.25, 0.3) is 0 Å². The van der Waals surface area contributed by atoms with Crippen molar-refractivity contribution < 1.29 is 9.53 Å². The number of hydrogen-bond donors (Lipinski definition) is 0. The van der Waals surface area contributed by atoms with Crippen molar-refractivity contribution >= 4 is 28.1 Å². The minimum absolute atomic E-state index is 0.133. The monoisotopic (exact) mass is 603 g/mol. The lowest BCUT2D eigenvalue weighted by atomic mass is 9.95. The second-order valence-corrected chi connectivity index (χ2v) is 12.8. The van der Waals surface area contributed by atoms with Crippen molar-refractivity contribution in [3.63, 3.8) is 0 Å². The van der Waals surface area contributed by atoms with Crippen molar-refractivity contribution in [3.8, 4) is 18.0 Å². The van der Waals surface area contributed by atoms with Gasteiger partial charge in [-0.25, -0.2) is 4.98 Å². The average molecular weight is 604 g/mol. The Morgan fingerprint density at radius 1 is 1.16 bits per heavy atom. The van der Waals surface area contributed by atoms with Crippen LogP contribution in [0.4, 0.5) is 11.4 Å². The molecule has 2 atom stereocenters. The van der Waals surface area contributed by atoms with Gasteiger partial charge in [0.2, 0.25) is 11.8 Å². The summed E-state index contributed by atoms with van der Waals surface area (Å²) in [6, 6.07) is 17.3. The lowest BCUT2D eigenvalue weighted by Gasteiger charge is -2.43. The number of carbonyl (C=O) groups excluding carboxylic acids is 1. The summed E-state index contributed by atoms with van der Waals surface area (Å²) in [4.78, 5) is 26.4. The van der Waals surface area contributed by atoms with E-state index < -0.39 is 0 Å². The summed E-state index contributed by atoms with van der Waals surface area (Å²) in [7, 11) is 2.12. The van der Waals surface area contributed by atoms with Crippen LogP contribution in [-0.2, 0) is 17.8 Å². The molecule has 3 aliphatic rings. The Kier molecular flexibility index (Phi) is 8.40. The number of aryl methyl sites for hydroxylation is 1. The minimum atomic E-state index is -0.307. The van der Waals surface area contributed by atoms with Gasteiger partial charge < -0.3 is 19.4 Å². The predicted octanol–water partition coefficient (Wildman–Crippen LogP) is 4.96. The summed E-state index contributed by atoms with van der Waals surface area (Å²) in [6.07, 6.45) is 4.35. The first kappa shape index (κ1) is 30.4. The van der Waals surface area contributed by atoms with Crippen LogP contribution >= 0.6 is 0 Å². The summed E-state index contributed by atoms with van der Waals surface area (Å²) in [5.74, 6) is 0.191. The van der Waals surface area contributed by atoms with Crippen molar-refractivity contribution in [1.29, 1.82) is 10.5 Å². The van der Waals surface area contributed by atoms with Crippen LogP contribution in [0.5, 0.6) is 5.88 Å². The number of piperazine rings is 1. The zero-order chi connectivity index (χ0) is 31.7. The fourth-order valence-electron chi connectivity index (χ4n) is 7.37. The van der Waals surface area contributed by atoms with Crippen molar-refractivity contribution in [2.75, 3.05) is 56.2 Å². The molecule has 9 nitrogen and oxygen atoms in total. The van der Waals surface area contributed by atoms with Gasteiger partial charge in [0, 0.05) is 42.8 Å². The summed E-state index contributed by atoms with van der Waals surface area (Å²) in [6.45, 7) is 12.3. The van der Waals surface area contributed by atoms with E-state index in [1.807, 2.05) is 0 Å². The smallest absolute Gasteiger partial charge is 0.246 e. The molecule has 3 aromatic rings. The number of likely N-dealkylation sites (N-methyl/N-ethyl adjacent to an activating group) is 1. The number of ether oxygens (including phenoxy) is 1. The SMILES string of the molecule is C=CC(=O)N1CCN(c2c(C#N)c(OC[C@]3(C)CCCN3C)nc3c2CCN(c2cccc4cccc(C)c24)C3)C[C@@H]1CC#N. The molecular weight excluding hydrogens is 562 g/mol. The van der Waals surface area contributed by atoms with Crippen LogP contribution in [0.25, 0.3) is 10.8 Å². The third-order valence-corrected chi connectivity index (χ3v) is 10.1. The second-order valence-electron chi connectivity index (χ2n) is 12.8. The van der Waals surface area contributed by atoms with Gasteiger partial charge in [0.15, 0.2) is 0 Å². The molecule has 4 heterocycles. The Balaban J connectivity index is 1.42. The molecule has 0 N–H and O–H groups in total. The Morgan fingerprint density at radius 2 is 1.96 bits per heavy atom. The molecule has 3 aliphatic heterocycles. The Bertz CT molecular complexity index is 1720. The highest BCUT2D eigenvalue weighted by molar-refractivity contribution is 5.97. The van der Waals surface area contributed by atoms with Crippen molar-refractivity contribution in [2.24, 2.45) is 0 Å². The normalized spacial score (nSPS) is 21.7. The summed E-state index contributed by atoms with van der Waals surface area (Å²) < 4.78 is 6.51. The number of benzene rings is 2. The van der Waals surface area contributed by atoms with Crippen LogP contribution in [0, 0.1) is 29.6 Å². The Labute approximate surface area is 265 Å². The van der Waals surface area contributed by atoms with Gasteiger partial charge in [-0.15, -0.1) is 0 Å². The summed E-state index contributed by atoms with van der Waals surface area (Å²) in [5, 5.41) is 22.7. The lowest BCUT2D eigenvalue weighted by Crippen LogP contribution is -2.55. The van der Waals surface area contributed by atoms with E-state index in [0.717, 1.165) is 42.9 Å². The van der Waals surface area contributed by atoms with Crippen LogP contribution in [0.3, 0.4) is 0 Å². The number of nitrogens with zero attached hydrogens (tertiary/aromatic N) is 7. The molecule has 0 aliphatic carbocycles. The predicted molar refractivity (Wildman–Crippen MR) is 176 cm³/mol.